The summed E-state index contributed by atoms with van der Waals surface area (Å²) in [5.74, 6) is 0.849. The average molecular weight is 274 g/mol. The number of hydrogen-bond donors (Lipinski definition) is 1. The summed E-state index contributed by atoms with van der Waals surface area (Å²) in [5.41, 5.74) is 3.05. The summed E-state index contributed by atoms with van der Waals surface area (Å²) in [4.78, 5) is 5.74. The van der Waals surface area contributed by atoms with Crippen LogP contribution in [-0.2, 0) is 6.54 Å². The zero-order valence-corrected chi connectivity index (χ0v) is 12.3. The maximum absolute atomic E-state index is 5.25. The number of nitrogens with zero attached hydrogens (tertiary/aromatic N) is 1. The van der Waals surface area contributed by atoms with Gasteiger partial charge in [0.05, 0.1) is 19.3 Å². The molecule has 0 saturated carbocycles. The molecule has 1 aromatic carbocycles. The van der Waals surface area contributed by atoms with Crippen LogP contribution in [0.4, 0.5) is 5.69 Å². The molecule has 0 fully saturated rings. The monoisotopic (exact) mass is 274 g/mol. The second-order valence-corrected chi connectivity index (χ2v) is 5.10. The summed E-state index contributed by atoms with van der Waals surface area (Å²) in [6.45, 7) is 2.66. The lowest BCUT2D eigenvalue weighted by Gasteiger charge is -2.09. The van der Waals surface area contributed by atoms with E-state index in [0.29, 0.717) is 6.54 Å². The molecule has 1 N–H and O–H groups in total. The fourth-order valence-electron chi connectivity index (χ4n) is 1.84. The quantitative estimate of drug-likeness (QED) is 0.842. The van der Waals surface area contributed by atoms with Gasteiger partial charge in [0.2, 0.25) is 0 Å². The molecule has 0 aliphatic rings. The topological polar surface area (TPSA) is 34.1 Å². The lowest BCUT2D eigenvalue weighted by molar-refractivity contribution is 0.413. The van der Waals surface area contributed by atoms with Crippen LogP contribution in [0.3, 0.4) is 0 Å². The first-order valence-corrected chi connectivity index (χ1v) is 7.33. The number of aryl methyl sites for hydroxylation is 1. The Labute approximate surface area is 118 Å². The summed E-state index contributed by atoms with van der Waals surface area (Å²) in [6.07, 6.45) is 2.08. The number of nitrogens with one attached hydrogen (secondary N) is 1. The standard InChI is InChI=1S/C15H18N2OS/c1-11-7-14(18-2)8-13(17-11)10-16-12-5-4-6-15(9-12)19-3/h4-9,16H,10H2,1-3H3. The van der Waals surface area contributed by atoms with Gasteiger partial charge in [-0.3, -0.25) is 4.98 Å². The van der Waals surface area contributed by atoms with Crippen molar-refractivity contribution < 1.29 is 4.74 Å². The number of ether oxygens (including phenoxy) is 1. The molecule has 0 aliphatic heterocycles. The Balaban J connectivity index is 2.07. The van der Waals surface area contributed by atoms with Crippen LogP contribution >= 0.6 is 11.8 Å². The molecule has 3 nitrogen and oxygen atoms in total. The Morgan fingerprint density at radius 1 is 1.26 bits per heavy atom. The first kappa shape index (κ1) is 13.7. The molecule has 2 aromatic rings. The van der Waals surface area contributed by atoms with Gasteiger partial charge in [0.1, 0.15) is 5.75 Å². The van der Waals surface area contributed by atoms with Crippen molar-refractivity contribution in [1.82, 2.24) is 4.98 Å². The minimum atomic E-state index is 0.690. The molecule has 0 bridgehead atoms. The smallest absolute Gasteiger partial charge is 0.122 e. The largest absolute Gasteiger partial charge is 0.497 e. The van der Waals surface area contributed by atoms with E-state index in [1.807, 2.05) is 19.1 Å². The van der Waals surface area contributed by atoms with E-state index in [0.717, 1.165) is 22.8 Å². The van der Waals surface area contributed by atoms with E-state index in [9.17, 15) is 0 Å². The Morgan fingerprint density at radius 2 is 2.11 bits per heavy atom. The van der Waals surface area contributed by atoms with Gasteiger partial charge in [-0.25, -0.2) is 0 Å². The lowest BCUT2D eigenvalue weighted by Crippen LogP contribution is -2.03. The second kappa shape index (κ2) is 6.48. The third-order valence-corrected chi connectivity index (χ3v) is 3.48. The predicted octanol–water partition coefficient (Wildman–Crippen LogP) is 3.73. The van der Waals surface area contributed by atoms with Crippen LogP contribution in [0.15, 0.2) is 41.3 Å². The molecule has 0 radical (unpaired) electrons. The molecule has 0 aliphatic carbocycles. The summed E-state index contributed by atoms with van der Waals surface area (Å²) >= 11 is 1.74. The fraction of sp³-hybridized carbons (Fsp3) is 0.267. The molecule has 0 amide bonds. The number of hydrogen-bond acceptors (Lipinski definition) is 4. The van der Waals surface area contributed by atoms with Crippen molar-refractivity contribution in [2.75, 3.05) is 18.7 Å². The number of rotatable bonds is 5. The molecule has 0 unspecified atom stereocenters. The highest BCUT2D eigenvalue weighted by molar-refractivity contribution is 7.98. The van der Waals surface area contributed by atoms with Crippen LogP contribution in [0.5, 0.6) is 5.75 Å². The number of aromatic nitrogens is 1. The van der Waals surface area contributed by atoms with Crippen molar-refractivity contribution >= 4 is 17.4 Å². The zero-order chi connectivity index (χ0) is 13.7. The van der Waals surface area contributed by atoms with Crippen LogP contribution < -0.4 is 10.1 Å². The minimum absolute atomic E-state index is 0.690. The third kappa shape index (κ3) is 3.89. The molecular weight excluding hydrogens is 256 g/mol. The summed E-state index contributed by atoms with van der Waals surface area (Å²) in [5, 5.41) is 3.38. The second-order valence-electron chi connectivity index (χ2n) is 4.23. The van der Waals surface area contributed by atoms with Gasteiger partial charge < -0.3 is 10.1 Å². The minimum Gasteiger partial charge on any atom is -0.497 e. The van der Waals surface area contributed by atoms with Crippen molar-refractivity contribution in [3.63, 3.8) is 0 Å². The fourth-order valence-corrected chi connectivity index (χ4v) is 2.30. The van der Waals surface area contributed by atoms with E-state index in [1.54, 1.807) is 18.9 Å². The molecule has 0 saturated heterocycles. The molecule has 0 atom stereocenters. The lowest BCUT2D eigenvalue weighted by atomic mass is 10.2. The third-order valence-electron chi connectivity index (χ3n) is 2.76. The van der Waals surface area contributed by atoms with E-state index >= 15 is 0 Å². The zero-order valence-electron chi connectivity index (χ0n) is 11.4. The molecular formula is C15H18N2OS. The van der Waals surface area contributed by atoms with Crippen LogP contribution in [0, 0.1) is 6.92 Å². The molecule has 19 heavy (non-hydrogen) atoms. The molecule has 100 valence electrons. The van der Waals surface area contributed by atoms with Crippen LogP contribution in [0.25, 0.3) is 0 Å². The van der Waals surface area contributed by atoms with Crippen LogP contribution in [-0.4, -0.2) is 18.3 Å². The summed E-state index contributed by atoms with van der Waals surface area (Å²) < 4.78 is 5.25. The van der Waals surface area contributed by atoms with Crippen molar-refractivity contribution in [3.05, 3.63) is 47.8 Å². The molecule has 1 aromatic heterocycles. The van der Waals surface area contributed by atoms with Gasteiger partial charge in [-0.15, -0.1) is 11.8 Å². The normalized spacial score (nSPS) is 10.3. The summed E-state index contributed by atoms with van der Waals surface area (Å²) in [7, 11) is 1.67. The maximum atomic E-state index is 5.25. The van der Waals surface area contributed by atoms with Gasteiger partial charge in [0.25, 0.3) is 0 Å². The number of pyridine rings is 1. The van der Waals surface area contributed by atoms with E-state index in [-0.39, 0.29) is 0 Å². The van der Waals surface area contributed by atoms with Crippen LogP contribution in [0.2, 0.25) is 0 Å². The number of thioether (sulfide) groups is 1. The molecule has 2 rings (SSSR count). The number of methoxy groups -OCH3 is 1. The summed E-state index contributed by atoms with van der Waals surface area (Å²) in [6, 6.07) is 12.2. The Hall–Kier alpha value is -1.68. The van der Waals surface area contributed by atoms with Gasteiger partial charge in [0.15, 0.2) is 0 Å². The number of benzene rings is 1. The Bertz CT molecular complexity index is 558. The number of anilines is 1. The van der Waals surface area contributed by atoms with E-state index < -0.39 is 0 Å². The van der Waals surface area contributed by atoms with E-state index in [2.05, 4.69) is 40.8 Å². The highest BCUT2D eigenvalue weighted by atomic mass is 32.2. The van der Waals surface area contributed by atoms with Gasteiger partial charge in [-0.05, 0) is 31.4 Å². The first-order chi connectivity index (χ1) is 9.21. The van der Waals surface area contributed by atoms with Crippen LogP contribution in [0.1, 0.15) is 11.4 Å². The molecule has 1 heterocycles. The maximum Gasteiger partial charge on any atom is 0.122 e. The van der Waals surface area contributed by atoms with Gasteiger partial charge in [-0.1, -0.05) is 6.07 Å². The van der Waals surface area contributed by atoms with Gasteiger partial charge >= 0.3 is 0 Å². The van der Waals surface area contributed by atoms with Crippen molar-refractivity contribution in [2.45, 2.75) is 18.4 Å². The molecule has 4 heteroatoms. The average Bonchev–Trinajstić information content (AvgIpc) is 2.44. The Morgan fingerprint density at radius 3 is 2.84 bits per heavy atom. The van der Waals surface area contributed by atoms with E-state index in [4.69, 9.17) is 4.74 Å². The van der Waals surface area contributed by atoms with E-state index in [1.165, 1.54) is 4.90 Å². The van der Waals surface area contributed by atoms with Crippen molar-refractivity contribution in [1.29, 1.82) is 0 Å². The predicted molar refractivity (Wildman–Crippen MR) is 81.1 cm³/mol. The van der Waals surface area contributed by atoms with Crippen molar-refractivity contribution in [3.8, 4) is 5.75 Å². The van der Waals surface area contributed by atoms with Gasteiger partial charge in [0, 0.05) is 28.4 Å². The highest BCUT2D eigenvalue weighted by Gasteiger charge is 2.01. The Kier molecular flexibility index (Phi) is 4.68. The first-order valence-electron chi connectivity index (χ1n) is 6.11. The van der Waals surface area contributed by atoms with Gasteiger partial charge in [-0.2, -0.15) is 0 Å². The molecule has 0 spiro atoms. The highest BCUT2D eigenvalue weighted by Crippen LogP contribution is 2.20. The van der Waals surface area contributed by atoms with Crippen molar-refractivity contribution in [2.24, 2.45) is 0 Å². The SMILES string of the molecule is COc1cc(C)nc(CNc2cccc(SC)c2)c1.